The average molecular weight is 1100 g/mol. The van der Waals surface area contributed by atoms with Crippen molar-refractivity contribution in [2.24, 2.45) is 0 Å². The second-order valence-electron chi connectivity index (χ2n) is 21.6. The molecule has 450 valence electrons. The van der Waals surface area contributed by atoms with Crippen LogP contribution < -0.4 is 0 Å². The summed E-state index contributed by atoms with van der Waals surface area (Å²) >= 11 is 0. The van der Waals surface area contributed by atoms with Crippen LogP contribution in [0.3, 0.4) is 0 Å². The van der Waals surface area contributed by atoms with Crippen LogP contribution in [0.1, 0.15) is 303 Å². The van der Waals surface area contributed by atoms with Gasteiger partial charge in [-0.15, -0.1) is 0 Å². The SMILES string of the molecule is CC/C=C\C/C=C\C/C=C\C/C=C\C/C=C\C/C=C\C/C=C\C/C=C\CCCCCCCCC(=O)OCC(COC(=O)CCCCCCC/C=C\CCCCC)OC(=O)CCCCCCCCC/C=C\CCCCCCCCC. The number of hydrogen-bond donors (Lipinski definition) is 0. The van der Waals surface area contributed by atoms with E-state index < -0.39 is 6.10 Å². The molecular weight excluding hydrogens is 973 g/mol. The summed E-state index contributed by atoms with van der Waals surface area (Å²) in [6.07, 6.45) is 92.1. The predicted molar refractivity (Wildman–Crippen MR) is 343 cm³/mol. The van der Waals surface area contributed by atoms with Crippen LogP contribution in [0, 0.1) is 0 Å². The van der Waals surface area contributed by atoms with Gasteiger partial charge in [-0.25, -0.2) is 0 Å². The molecule has 0 aromatic carbocycles. The molecule has 79 heavy (non-hydrogen) atoms. The van der Waals surface area contributed by atoms with Crippen molar-refractivity contribution in [3.05, 3.63) is 122 Å². The van der Waals surface area contributed by atoms with Crippen molar-refractivity contribution in [2.45, 2.75) is 309 Å². The lowest BCUT2D eigenvalue weighted by Crippen LogP contribution is -2.30. The minimum atomic E-state index is -0.793. The Labute approximate surface area is 488 Å². The van der Waals surface area contributed by atoms with E-state index in [1.54, 1.807) is 0 Å². The highest BCUT2D eigenvalue weighted by Gasteiger charge is 2.19. The Morgan fingerprint density at radius 2 is 0.494 bits per heavy atom. The lowest BCUT2D eigenvalue weighted by atomic mass is 10.1. The minimum Gasteiger partial charge on any atom is -0.462 e. The van der Waals surface area contributed by atoms with Gasteiger partial charge in [-0.05, 0) is 135 Å². The molecular formula is C73H122O6. The maximum absolute atomic E-state index is 12.9. The first kappa shape index (κ1) is 74.8. The third kappa shape index (κ3) is 64.5. The van der Waals surface area contributed by atoms with E-state index in [1.165, 1.54) is 135 Å². The van der Waals surface area contributed by atoms with E-state index in [0.717, 1.165) is 128 Å². The van der Waals surface area contributed by atoms with Crippen LogP contribution in [0.4, 0.5) is 0 Å². The first-order valence-corrected chi connectivity index (χ1v) is 33.0. The van der Waals surface area contributed by atoms with E-state index >= 15 is 0 Å². The van der Waals surface area contributed by atoms with Gasteiger partial charge in [0.1, 0.15) is 13.2 Å². The van der Waals surface area contributed by atoms with Gasteiger partial charge in [0.15, 0.2) is 6.10 Å². The number of hydrogen-bond acceptors (Lipinski definition) is 6. The quantitative estimate of drug-likeness (QED) is 0.0261. The van der Waals surface area contributed by atoms with Crippen molar-refractivity contribution < 1.29 is 28.6 Å². The van der Waals surface area contributed by atoms with Crippen molar-refractivity contribution in [3.63, 3.8) is 0 Å². The third-order valence-corrected chi connectivity index (χ3v) is 13.9. The van der Waals surface area contributed by atoms with E-state index in [4.69, 9.17) is 14.2 Å². The Morgan fingerprint density at radius 1 is 0.266 bits per heavy atom. The van der Waals surface area contributed by atoms with Gasteiger partial charge in [0.25, 0.3) is 0 Å². The molecule has 0 bridgehead atoms. The zero-order valence-electron chi connectivity index (χ0n) is 51.6. The highest BCUT2D eigenvalue weighted by Crippen LogP contribution is 2.15. The van der Waals surface area contributed by atoms with Crippen LogP contribution in [-0.2, 0) is 28.6 Å². The van der Waals surface area contributed by atoms with Crippen LogP contribution >= 0.6 is 0 Å². The fourth-order valence-corrected chi connectivity index (χ4v) is 8.98. The second kappa shape index (κ2) is 66.3. The number of ether oxygens (including phenoxy) is 3. The van der Waals surface area contributed by atoms with Gasteiger partial charge in [-0.3, -0.25) is 14.4 Å². The second-order valence-corrected chi connectivity index (χ2v) is 21.6. The molecule has 6 heteroatoms. The molecule has 0 N–H and O–H groups in total. The van der Waals surface area contributed by atoms with E-state index in [-0.39, 0.29) is 31.1 Å². The Hall–Kier alpha value is -4.19. The molecule has 1 unspecified atom stereocenters. The Balaban J connectivity index is 4.32. The molecule has 0 aromatic heterocycles. The first-order chi connectivity index (χ1) is 39.0. The van der Waals surface area contributed by atoms with Crippen molar-refractivity contribution >= 4 is 17.9 Å². The summed E-state index contributed by atoms with van der Waals surface area (Å²) in [4.78, 5) is 38.3. The highest BCUT2D eigenvalue weighted by atomic mass is 16.6. The maximum Gasteiger partial charge on any atom is 0.306 e. The topological polar surface area (TPSA) is 78.9 Å². The largest absolute Gasteiger partial charge is 0.462 e. The number of carbonyl (C=O) groups is 3. The summed E-state index contributed by atoms with van der Waals surface area (Å²) in [7, 11) is 0. The molecule has 0 amide bonds. The molecule has 0 aliphatic carbocycles. The summed E-state index contributed by atoms with van der Waals surface area (Å²) in [5.74, 6) is -0.912. The maximum atomic E-state index is 12.9. The monoisotopic (exact) mass is 1090 g/mol. The summed E-state index contributed by atoms with van der Waals surface area (Å²) in [5, 5.41) is 0. The molecule has 1 atom stereocenters. The smallest absolute Gasteiger partial charge is 0.306 e. The summed E-state index contributed by atoms with van der Waals surface area (Å²) < 4.78 is 16.9. The standard InChI is InChI=1S/C73H122O6/c1-4-7-10-13-16-19-22-25-27-29-31-32-33-34-35-36-37-38-39-40-41-42-43-45-46-48-51-54-57-60-63-66-72(75)78-69-70(68-77-71(74)65-62-59-56-53-50-24-21-18-15-12-9-6-3)79-73(76)67-64-61-58-55-52-49-47-44-30-28-26-23-20-17-14-11-8-5-2/h7,10,16,18-19,21,25,27-28,30-32,34-35,37-38,40-41,43,45,70H,4-6,8-9,11-15,17,20,22-24,26,29,33,36,39,42,44,46-69H2,1-3H3/b10-7-,19-16-,21-18-,27-25-,30-28-,32-31-,35-34-,38-37-,41-40-,45-43-. The van der Waals surface area contributed by atoms with E-state index in [0.29, 0.717) is 19.3 Å². The lowest BCUT2D eigenvalue weighted by molar-refractivity contribution is -0.167. The highest BCUT2D eigenvalue weighted by molar-refractivity contribution is 5.71. The van der Waals surface area contributed by atoms with Gasteiger partial charge in [0.05, 0.1) is 0 Å². The number of allylic oxidation sites excluding steroid dienone is 20. The predicted octanol–water partition coefficient (Wildman–Crippen LogP) is 22.8. The molecule has 6 nitrogen and oxygen atoms in total. The first-order valence-electron chi connectivity index (χ1n) is 33.0. The molecule has 0 aliphatic heterocycles. The number of esters is 3. The fourth-order valence-electron chi connectivity index (χ4n) is 8.98. The summed E-state index contributed by atoms with van der Waals surface area (Å²) in [5.41, 5.74) is 0. The van der Waals surface area contributed by atoms with Crippen molar-refractivity contribution in [2.75, 3.05) is 13.2 Å². The Bertz CT molecular complexity index is 1640. The van der Waals surface area contributed by atoms with Gasteiger partial charge in [0.2, 0.25) is 0 Å². The molecule has 0 heterocycles. The average Bonchev–Trinajstić information content (AvgIpc) is 3.45. The minimum absolute atomic E-state index is 0.0896. The molecule has 0 aliphatic rings. The summed E-state index contributed by atoms with van der Waals surface area (Å²) in [6.45, 7) is 6.49. The van der Waals surface area contributed by atoms with Crippen molar-refractivity contribution in [1.29, 1.82) is 0 Å². The van der Waals surface area contributed by atoms with E-state index in [1.807, 2.05) is 0 Å². The Kier molecular flexibility index (Phi) is 62.8. The van der Waals surface area contributed by atoms with Crippen LogP contribution in [0.5, 0.6) is 0 Å². The van der Waals surface area contributed by atoms with Crippen LogP contribution in [0.25, 0.3) is 0 Å². The molecule has 0 radical (unpaired) electrons. The van der Waals surface area contributed by atoms with Gasteiger partial charge < -0.3 is 14.2 Å². The molecule has 0 saturated carbocycles. The zero-order valence-corrected chi connectivity index (χ0v) is 51.6. The van der Waals surface area contributed by atoms with Crippen LogP contribution in [-0.4, -0.2) is 37.2 Å². The van der Waals surface area contributed by atoms with Gasteiger partial charge in [0, 0.05) is 19.3 Å². The molecule has 0 spiro atoms. The molecule has 0 fully saturated rings. The fraction of sp³-hybridized carbons (Fsp3) is 0.685. The third-order valence-electron chi connectivity index (χ3n) is 13.9. The van der Waals surface area contributed by atoms with Gasteiger partial charge in [-0.1, -0.05) is 271 Å². The lowest BCUT2D eigenvalue weighted by Gasteiger charge is -2.18. The van der Waals surface area contributed by atoms with Crippen molar-refractivity contribution in [3.8, 4) is 0 Å². The number of rotatable bonds is 59. The van der Waals surface area contributed by atoms with E-state index in [2.05, 4.69) is 142 Å². The van der Waals surface area contributed by atoms with Crippen LogP contribution in [0.2, 0.25) is 0 Å². The molecule has 0 saturated heterocycles. The number of carbonyl (C=O) groups excluding carboxylic acids is 3. The summed E-state index contributed by atoms with van der Waals surface area (Å²) in [6, 6.07) is 0. The molecule has 0 aromatic rings. The zero-order chi connectivity index (χ0) is 57.1. The number of unbranched alkanes of at least 4 members (excludes halogenated alkanes) is 28. The normalized spacial score (nSPS) is 12.9. The van der Waals surface area contributed by atoms with Crippen molar-refractivity contribution in [1.82, 2.24) is 0 Å². The Morgan fingerprint density at radius 3 is 0.810 bits per heavy atom. The van der Waals surface area contributed by atoms with Gasteiger partial charge >= 0.3 is 17.9 Å². The molecule has 0 rings (SSSR count). The van der Waals surface area contributed by atoms with E-state index in [9.17, 15) is 14.4 Å². The van der Waals surface area contributed by atoms with Gasteiger partial charge in [-0.2, -0.15) is 0 Å². The van der Waals surface area contributed by atoms with Crippen LogP contribution in [0.15, 0.2) is 122 Å².